The molecule has 1 fully saturated rings. The molecule has 0 radical (unpaired) electrons. The van der Waals surface area contributed by atoms with Gasteiger partial charge in [-0.25, -0.2) is 9.36 Å². The highest BCUT2D eigenvalue weighted by atomic mass is 31.2. The maximum atomic E-state index is 13.8. The quantitative estimate of drug-likeness (QED) is 0.198. The molecule has 6 atom stereocenters. The molecule has 3 aromatic rings. The number of hydrogen-bond acceptors (Lipinski definition) is 11. The molecule has 1 aliphatic heterocycles. The smallest absolute Gasteiger partial charge is 0.459 e. The van der Waals surface area contributed by atoms with Gasteiger partial charge in [0.25, 0.3) is 0 Å². The van der Waals surface area contributed by atoms with Crippen LogP contribution in [0.25, 0.3) is 10.9 Å². The number of carbonyl (C=O) groups excluding carboxylic acids is 1. The number of aromatic amines is 1. The fourth-order valence-electron chi connectivity index (χ4n) is 4.00. The van der Waals surface area contributed by atoms with Gasteiger partial charge in [0.15, 0.2) is 6.23 Å². The molecule has 0 amide bonds. The Labute approximate surface area is 217 Å². The second-order valence-electron chi connectivity index (χ2n) is 8.51. The summed E-state index contributed by atoms with van der Waals surface area (Å²) in [6.07, 6.45) is -1.29. The largest absolute Gasteiger partial charge is 0.465 e. The second kappa shape index (κ2) is 11.6. The zero-order valence-electron chi connectivity index (χ0n) is 21.0. The van der Waals surface area contributed by atoms with Crippen LogP contribution < -0.4 is 21.0 Å². The molecule has 0 aliphatic carbocycles. The van der Waals surface area contributed by atoms with Crippen molar-refractivity contribution in [3.05, 3.63) is 53.2 Å². The molecule has 15 heteroatoms. The Balaban J connectivity index is 1.54. The van der Waals surface area contributed by atoms with Crippen molar-refractivity contribution in [1.29, 1.82) is 0 Å². The normalized spacial score (nSPS) is 23.7. The minimum atomic E-state index is -4.24. The van der Waals surface area contributed by atoms with Crippen LogP contribution in [-0.2, 0) is 28.1 Å². The van der Waals surface area contributed by atoms with Crippen molar-refractivity contribution in [3.63, 3.8) is 0 Å². The maximum Gasteiger partial charge on any atom is 0.459 e. The fraction of sp³-hybridized carbons (Fsp3) is 0.435. The molecule has 14 nitrogen and oxygen atoms in total. The van der Waals surface area contributed by atoms with Gasteiger partial charge in [-0.05, 0) is 44.2 Å². The third-order valence-corrected chi connectivity index (χ3v) is 7.51. The van der Waals surface area contributed by atoms with Gasteiger partial charge in [-0.2, -0.15) is 10.1 Å². The zero-order valence-corrected chi connectivity index (χ0v) is 21.9. The Morgan fingerprint density at radius 2 is 2.16 bits per heavy atom. The molecule has 4 rings (SSSR count). The number of nitrogens with two attached hydrogens (primary N) is 1. The summed E-state index contributed by atoms with van der Waals surface area (Å²) in [7, 11) is -2.90. The minimum Gasteiger partial charge on any atom is -0.465 e. The van der Waals surface area contributed by atoms with E-state index >= 15 is 0 Å². The van der Waals surface area contributed by atoms with Crippen molar-refractivity contribution < 1.29 is 37.7 Å². The van der Waals surface area contributed by atoms with Gasteiger partial charge >= 0.3 is 19.4 Å². The highest BCUT2D eigenvalue weighted by Gasteiger charge is 2.47. The number of H-pyrrole nitrogens is 1. The van der Waals surface area contributed by atoms with Gasteiger partial charge in [0.1, 0.15) is 35.9 Å². The van der Waals surface area contributed by atoms with E-state index in [0.717, 1.165) is 15.5 Å². The van der Waals surface area contributed by atoms with Crippen LogP contribution in [0, 0.1) is 0 Å². The van der Waals surface area contributed by atoms with Crippen LogP contribution >= 0.6 is 7.75 Å². The molecule has 1 aromatic carbocycles. The number of esters is 1. The van der Waals surface area contributed by atoms with Crippen molar-refractivity contribution >= 4 is 30.4 Å². The molecule has 3 heterocycles. The van der Waals surface area contributed by atoms with Crippen LogP contribution in [0.3, 0.4) is 0 Å². The minimum absolute atomic E-state index is 0.0244. The number of aliphatic hydroxyl groups is 1. The molecule has 1 saturated heterocycles. The number of ether oxygens (including phenoxy) is 3. The zero-order chi connectivity index (χ0) is 27.4. The Morgan fingerprint density at radius 3 is 2.87 bits per heavy atom. The SMILES string of the molecule is CCOC(=O)[C@H](C)NP(=O)(OC[C@H]1O[C@@H](n2ccc(N)nc2=O)C(OC)C1O)Oc1ccc2[nH]ccc2c1. The van der Waals surface area contributed by atoms with Gasteiger partial charge in [0.05, 0.1) is 13.2 Å². The standard InChI is InChI=1S/C23H30N5O9P/c1-4-34-22(30)13(2)27-38(32,37-15-5-6-16-14(11-15)7-9-25-16)35-12-17-19(29)20(33-3)21(36-17)28-10-8-18(24)26-23(28)31/h5-11,13,17,19-21,25,29H,4,12H2,1-3H3,(H,27,32)(H2,24,26,31)/t13-,17+,19?,20?,21+,38?/m0/s1. The molecule has 5 N–H and O–H groups in total. The van der Waals surface area contributed by atoms with Gasteiger partial charge in [-0.1, -0.05) is 0 Å². The maximum absolute atomic E-state index is 13.8. The first-order valence-electron chi connectivity index (χ1n) is 11.8. The van der Waals surface area contributed by atoms with Crippen molar-refractivity contribution in [2.24, 2.45) is 0 Å². The van der Waals surface area contributed by atoms with Crippen LogP contribution in [0.4, 0.5) is 5.82 Å². The first kappa shape index (κ1) is 27.8. The van der Waals surface area contributed by atoms with E-state index in [0.29, 0.717) is 0 Å². The molecule has 0 bridgehead atoms. The number of hydrogen-bond donors (Lipinski definition) is 4. The third kappa shape index (κ3) is 6.07. The summed E-state index contributed by atoms with van der Waals surface area (Å²) >= 11 is 0. The number of benzene rings is 1. The predicted molar refractivity (Wildman–Crippen MR) is 135 cm³/mol. The van der Waals surface area contributed by atoms with E-state index in [1.54, 1.807) is 31.3 Å². The van der Waals surface area contributed by atoms with Crippen LogP contribution in [0.5, 0.6) is 5.75 Å². The van der Waals surface area contributed by atoms with Crippen molar-refractivity contribution in [1.82, 2.24) is 19.6 Å². The first-order chi connectivity index (χ1) is 18.1. The number of rotatable bonds is 11. The third-order valence-electron chi connectivity index (χ3n) is 5.86. The number of nitrogen functional groups attached to an aromatic ring is 1. The summed E-state index contributed by atoms with van der Waals surface area (Å²) in [6, 6.07) is 7.13. The van der Waals surface area contributed by atoms with E-state index in [1.165, 1.54) is 26.3 Å². The number of fused-ring (bicyclic) bond motifs is 1. The van der Waals surface area contributed by atoms with Crippen LogP contribution in [0.2, 0.25) is 0 Å². The van der Waals surface area contributed by atoms with E-state index in [-0.39, 0.29) is 18.2 Å². The molecular formula is C23H30N5O9P. The number of anilines is 1. The summed E-state index contributed by atoms with van der Waals surface area (Å²) in [6.45, 7) is 2.78. The second-order valence-corrected chi connectivity index (χ2v) is 10.2. The summed E-state index contributed by atoms with van der Waals surface area (Å²) in [5.74, 6) is -0.423. The summed E-state index contributed by atoms with van der Waals surface area (Å²) in [5, 5.41) is 14.2. The van der Waals surface area contributed by atoms with E-state index in [1.807, 2.05) is 6.07 Å². The Hall–Kier alpha value is -3.26. The van der Waals surface area contributed by atoms with Gasteiger partial charge in [-0.3, -0.25) is 13.9 Å². The molecule has 3 unspecified atom stereocenters. The Kier molecular flexibility index (Phi) is 8.51. The number of methoxy groups -OCH3 is 1. The van der Waals surface area contributed by atoms with Gasteiger partial charge in [-0.15, -0.1) is 0 Å². The lowest BCUT2D eigenvalue weighted by Crippen LogP contribution is -2.38. The molecule has 1 aliphatic rings. The van der Waals surface area contributed by atoms with Gasteiger partial charge in [0.2, 0.25) is 0 Å². The van der Waals surface area contributed by atoms with Gasteiger partial charge in [0, 0.05) is 30.4 Å². The fourth-order valence-corrected chi connectivity index (χ4v) is 5.49. The van der Waals surface area contributed by atoms with Crippen molar-refractivity contribution in [2.45, 2.75) is 44.4 Å². The average molecular weight is 551 g/mol. The van der Waals surface area contributed by atoms with E-state index in [2.05, 4.69) is 15.1 Å². The molecule has 2 aromatic heterocycles. The van der Waals surface area contributed by atoms with Crippen molar-refractivity contribution in [3.8, 4) is 5.75 Å². The highest BCUT2D eigenvalue weighted by Crippen LogP contribution is 2.46. The summed E-state index contributed by atoms with van der Waals surface area (Å²) < 4.78 is 42.5. The van der Waals surface area contributed by atoms with E-state index in [4.69, 9.17) is 29.0 Å². The summed E-state index contributed by atoms with van der Waals surface area (Å²) in [5.41, 5.74) is 5.70. The number of carbonyl (C=O) groups is 1. The molecule has 38 heavy (non-hydrogen) atoms. The van der Waals surface area contributed by atoms with E-state index in [9.17, 15) is 19.3 Å². The lowest BCUT2D eigenvalue weighted by molar-refractivity contribution is -0.144. The lowest BCUT2D eigenvalue weighted by Gasteiger charge is -2.24. The number of aliphatic hydroxyl groups excluding tert-OH is 1. The highest BCUT2D eigenvalue weighted by molar-refractivity contribution is 7.52. The molecule has 0 saturated carbocycles. The Morgan fingerprint density at radius 1 is 1.37 bits per heavy atom. The average Bonchev–Trinajstić information content (AvgIpc) is 3.46. The lowest BCUT2D eigenvalue weighted by atomic mass is 10.1. The molecule has 0 spiro atoms. The number of nitrogens with one attached hydrogen (secondary N) is 2. The van der Waals surface area contributed by atoms with Crippen LogP contribution in [0.1, 0.15) is 20.1 Å². The Bertz CT molecular complexity index is 1380. The summed E-state index contributed by atoms with van der Waals surface area (Å²) in [4.78, 5) is 31.3. The van der Waals surface area contributed by atoms with Gasteiger partial charge < -0.3 is 34.6 Å². The van der Waals surface area contributed by atoms with Crippen molar-refractivity contribution in [2.75, 3.05) is 26.1 Å². The number of aromatic nitrogens is 3. The molecule has 206 valence electrons. The molecular weight excluding hydrogens is 521 g/mol. The number of nitrogens with zero attached hydrogens (tertiary/aromatic N) is 2. The van der Waals surface area contributed by atoms with Crippen LogP contribution in [0.15, 0.2) is 47.5 Å². The van der Waals surface area contributed by atoms with E-state index < -0.39 is 56.6 Å². The monoisotopic (exact) mass is 551 g/mol. The predicted octanol–water partition coefficient (Wildman–Crippen LogP) is 1.33. The van der Waals surface area contributed by atoms with Crippen LogP contribution in [-0.4, -0.2) is 70.3 Å². The topological polar surface area (TPSA) is 189 Å². The first-order valence-corrected chi connectivity index (χ1v) is 13.3.